The Morgan fingerprint density at radius 2 is 2.12 bits per heavy atom. The van der Waals surface area contributed by atoms with E-state index in [4.69, 9.17) is 9.47 Å². The second-order valence-corrected chi connectivity index (χ2v) is 5.36. The van der Waals surface area contributed by atoms with Gasteiger partial charge in [-0.1, -0.05) is 26.7 Å². The van der Waals surface area contributed by atoms with Crippen molar-refractivity contribution < 1.29 is 9.47 Å². The van der Waals surface area contributed by atoms with Crippen LogP contribution in [0.3, 0.4) is 0 Å². The fourth-order valence-corrected chi connectivity index (χ4v) is 2.74. The number of rotatable bonds is 9. The lowest BCUT2D eigenvalue weighted by Crippen LogP contribution is -2.37. The molecule has 3 heteroatoms. The molecule has 1 aliphatic rings. The third-order valence-electron chi connectivity index (χ3n) is 4.04. The molecule has 17 heavy (non-hydrogen) atoms. The molecule has 1 saturated heterocycles. The molecule has 0 aromatic rings. The molecule has 1 fully saturated rings. The van der Waals surface area contributed by atoms with Crippen LogP contribution in [0.2, 0.25) is 0 Å². The standard InChI is InChI=1S/C14H29NO2/c1-4-13(5-2)10-14(6-8-17-12-14)11-15-7-9-16-3/h13,15H,4-12H2,1-3H3. The zero-order valence-corrected chi connectivity index (χ0v) is 11.8. The van der Waals surface area contributed by atoms with Gasteiger partial charge < -0.3 is 14.8 Å². The molecule has 1 heterocycles. The quantitative estimate of drug-likeness (QED) is 0.631. The lowest BCUT2D eigenvalue weighted by atomic mass is 9.77. The van der Waals surface area contributed by atoms with E-state index in [0.717, 1.165) is 38.8 Å². The van der Waals surface area contributed by atoms with Crippen molar-refractivity contribution in [3.05, 3.63) is 0 Å². The van der Waals surface area contributed by atoms with Gasteiger partial charge in [0.15, 0.2) is 0 Å². The van der Waals surface area contributed by atoms with Crippen molar-refractivity contribution in [3.63, 3.8) is 0 Å². The normalized spacial score (nSPS) is 24.7. The Balaban J connectivity index is 2.38. The molecule has 1 atom stereocenters. The minimum absolute atomic E-state index is 0.379. The molecule has 0 aliphatic carbocycles. The Hall–Kier alpha value is -0.120. The first kappa shape index (κ1) is 14.9. The number of nitrogens with one attached hydrogen (secondary N) is 1. The lowest BCUT2D eigenvalue weighted by molar-refractivity contribution is 0.125. The van der Waals surface area contributed by atoms with E-state index in [2.05, 4.69) is 19.2 Å². The first-order valence-corrected chi connectivity index (χ1v) is 7.03. The van der Waals surface area contributed by atoms with Gasteiger partial charge in [0, 0.05) is 32.2 Å². The molecule has 1 aliphatic heterocycles. The molecular formula is C14H29NO2. The van der Waals surface area contributed by atoms with E-state index < -0.39 is 0 Å². The first-order valence-electron chi connectivity index (χ1n) is 7.03. The molecule has 0 aromatic heterocycles. The summed E-state index contributed by atoms with van der Waals surface area (Å²) in [7, 11) is 1.75. The molecule has 0 amide bonds. The summed E-state index contributed by atoms with van der Waals surface area (Å²) in [5, 5.41) is 3.52. The average Bonchev–Trinajstić information content (AvgIpc) is 2.81. The van der Waals surface area contributed by atoms with Gasteiger partial charge in [-0.2, -0.15) is 0 Å². The van der Waals surface area contributed by atoms with Crippen LogP contribution in [0.15, 0.2) is 0 Å². The highest BCUT2D eigenvalue weighted by atomic mass is 16.5. The predicted octanol–water partition coefficient (Wildman–Crippen LogP) is 2.46. The molecule has 0 saturated carbocycles. The zero-order chi connectivity index (χ0) is 12.6. The maximum Gasteiger partial charge on any atom is 0.0587 e. The molecular weight excluding hydrogens is 214 g/mol. The highest BCUT2D eigenvalue weighted by molar-refractivity contribution is 4.87. The molecule has 0 radical (unpaired) electrons. The van der Waals surface area contributed by atoms with E-state index in [-0.39, 0.29) is 0 Å². The van der Waals surface area contributed by atoms with E-state index in [0.29, 0.717) is 5.41 Å². The van der Waals surface area contributed by atoms with Crippen molar-refractivity contribution >= 4 is 0 Å². The second kappa shape index (κ2) is 8.06. The van der Waals surface area contributed by atoms with Crippen LogP contribution in [0.25, 0.3) is 0 Å². The van der Waals surface area contributed by atoms with Crippen molar-refractivity contribution in [3.8, 4) is 0 Å². The van der Waals surface area contributed by atoms with Gasteiger partial charge in [-0.05, 0) is 18.8 Å². The van der Waals surface area contributed by atoms with Gasteiger partial charge in [-0.3, -0.25) is 0 Å². The fraction of sp³-hybridized carbons (Fsp3) is 1.00. The number of hydrogen-bond acceptors (Lipinski definition) is 3. The van der Waals surface area contributed by atoms with Crippen LogP contribution in [-0.2, 0) is 9.47 Å². The van der Waals surface area contributed by atoms with Gasteiger partial charge in [0.2, 0.25) is 0 Å². The van der Waals surface area contributed by atoms with E-state index in [9.17, 15) is 0 Å². The third-order valence-corrected chi connectivity index (χ3v) is 4.04. The molecule has 0 aromatic carbocycles. The Morgan fingerprint density at radius 3 is 2.65 bits per heavy atom. The van der Waals surface area contributed by atoms with E-state index in [1.807, 2.05) is 0 Å². The summed E-state index contributed by atoms with van der Waals surface area (Å²) in [6, 6.07) is 0. The van der Waals surface area contributed by atoms with Gasteiger partial charge in [0.1, 0.15) is 0 Å². The maximum atomic E-state index is 5.64. The molecule has 0 spiro atoms. The SMILES string of the molecule is CCC(CC)CC1(CNCCOC)CCOC1. The average molecular weight is 243 g/mol. The third kappa shape index (κ3) is 4.94. The number of hydrogen-bond donors (Lipinski definition) is 1. The monoisotopic (exact) mass is 243 g/mol. The van der Waals surface area contributed by atoms with E-state index in [1.54, 1.807) is 7.11 Å². The van der Waals surface area contributed by atoms with Crippen LogP contribution in [0, 0.1) is 11.3 Å². The van der Waals surface area contributed by atoms with Crippen molar-refractivity contribution in [1.82, 2.24) is 5.32 Å². The highest BCUT2D eigenvalue weighted by Crippen LogP contribution is 2.36. The molecule has 3 nitrogen and oxygen atoms in total. The molecule has 1 rings (SSSR count). The van der Waals surface area contributed by atoms with Crippen molar-refractivity contribution in [2.24, 2.45) is 11.3 Å². The van der Waals surface area contributed by atoms with E-state index in [1.165, 1.54) is 25.7 Å². The van der Waals surface area contributed by atoms with Crippen molar-refractivity contribution in [2.75, 3.05) is 40.0 Å². The highest BCUT2D eigenvalue weighted by Gasteiger charge is 2.35. The summed E-state index contributed by atoms with van der Waals surface area (Å²) in [6.07, 6.45) is 5.09. The minimum Gasteiger partial charge on any atom is -0.383 e. The van der Waals surface area contributed by atoms with Gasteiger partial charge in [-0.25, -0.2) is 0 Å². The summed E-state index contributed by atoms with van der Waals surface area (Å²) in [4.78, 5) is 0. The summed E-state index contributed by atoms with van der Waals surface area (Å²) in [5.41, 5.74) is 0.379. The zero-order valence-electron chi connectivity index (χ0n) is 11.8. The van der Waals surface area contributed by atoms with Crippen LogP contribution in [0.5, 0.6) is 0 Å². The Kier molecular flexibility index (Phi) is 7.09. The minimum atomic E-state index is 0.379. The Bertz CT molecular complexity index is 187. The van der Waals surface area contributed by atoms with E-state index >= 15 is 0 Å². The molecule has 0 bridgehead atoms. The summed E-state index contributed by atoms with van der Waals surface area (Å²) in [5.74, 6) is 0.848. The summed E-state index contributed by atoms with van der Waals surface area (Å²) < 4.78 is 10.7. The van der Waals surface area contributed by atoms with Gasteiger partial charge in [0.25, 0.3) is 0 Å². The topological polar surface area (TPSA) is 30.5 Å². The summed E-state index contributed by atoms with van der Waals surface area (Å²) in [6.45, 7) is 9.29. The van der Waals surface area contributed by atoms with Gasteiger partial charge in [0.05, 0.1) is 13.2 Å². The number of ether oxygens (including phenoxy) is 2. The first-order chi connectivity index (χ1) is 8.26. The summed E-state index contributed by atoms with van der Waals surface area (Å²) >= 11 is 0. The van der Waals surface area contributed by atoms with Gasteiger partial charge >= 0.3 is 0 Å². The largest absolute Gasteiger partial charge is 0.383 e. The van der Waals surface area contributed by atoms with Gasteiger partial charge in [-0.15, -0.1) is 0 Å². The van der Waals surface area contributed by atoms with Crippen molar-refractivity contribution in [2.45, 2.75) is 39.5 Å². The second-order valence-electron chi connectivity index (χ2n) is 5.36. The smallest absolute Gasteiger partial charge is 0.0587 e. The number of methoxy groups -OCH3 is 1. The van der Waals surface area contributed by atoms with Crippen molar-refractivity contribution in [1.29, 1.82) is 0 Å². The lowest BCUT2D eigenvalue weighted by Gasteiger charge is -2.31. The molecule has 1 N–H and O–H groups in total. The molecule has 1 unspecified atom stereocenters. The molecule has 102 valence electrons. The van der Waals surface area contributed by atoms with Crippen LogP contribution >= 0.6 is 0 Å². The predicted molar refractivity (Wildman–Crippen MR) is 71.3 cm³/mol. The Morgan fingerprint density at radius 1 is 1.35 bits per heavy atom. The van der Waals surface area contributed by atoms with Crippen LogP contribution in [0.1, 0.15) is 39.5 Å². The Labute approximate surface area is 106 Å². The fourth-order valence-electron chi connectivity index (χ4n) is 2.74. The van der Waals surface area contributed by atoms with Crippen LogP contribution in [0.4, 0.5) is 0 Å². The maximum absolute atomic E-state index is 5.64. The van der Waals surface area contributed by atoms with Crippen LogP contribution < -0.4 is 5.32 Å². The van der Waals surface area contributed by atoms with Crippen LogP contribution in [-0.4, -0.2) is 40.0 Å².